The molecule has 2 rings (SSSR count). The van der Waals surface area contributed by atoms with Crippen LogP contribution in [-0.2, 0) is 22.6 Å². The lowest BCUT2D eigenvalue weighted by Gasteiger charge is -2.29. The third kappa shape index (κ3) is 7.51. The summed E-state index contributed by atoms with van der Waals surface area (Å²) in [6.45, 7) is 3.92. The second-order valence-electron chi connectivity index (χ2n) is 7.10. The number of rotatable bonds is 11. The van der Waals surface area contributed by atoms with Crippen LogP contribution < -0.4 is 0 Å². The maximum atomic E-state index is 13.2. The van der Waals surface area contributed by atoms with Gasteiger partial charge in [-0.25, -0.2) is 9.18 Å². The summed E-state index contributed by atoms with van der Waals surface area (Å²) in [5.41, 5.74) is 0.790. The van der Waals surface area contributed by atoms with Crippen molar-refractivity contribution >= 4 is 11.9 Å². The fraction of sp³-hybridized carbons (Fsp3) is 0.455. The molecule has 3 amide bonds. The smallest absolute Gasteiger partial charge is 0.319 e. The summed E-state index contributed by atoms with van der Waals surface area (Å²) in [5, 5.41) is 0. The maximum Gasteiger partial charge on any atom is 0.319 e. The quantitative estimate of drug-likeness (QED) is 0.524. The molecule has 0 aliphatic rings. The van der Waals surface area contributed by atoms with E-state index < -0.39 is 0 Å². The first-order valence-electron chi connectivity index (χ1n) is 9.99. The summed E-state index contributed by atoms with van der Waals surface area (Å²) >= 11 is 0. The van der Waals surface area contributed by atoms with E-state index >= 15 is 0 Å². The Morgan fingerprint density at radius 2 is 1.80 bits per heavy atom. The van der Waals surface area contributed by atoms with Crippen LogP contribution in [0.3, 0.4) is 0 Å². The van der Waals surface area contributed by atoms with Gasteiger partial charge in [-0.2, -0.15) is 0 Å². The van der Waals surface area contributed by atoms with Crippen LogP contribution in [0, 0.1) is 5.82 Å². The number of hydrogen-bond acceptors (Lipinski definition) is 4. The molecule has 0 aliphatic heterocycles. The predicted molar refractivity (Wildman–Crippen MR) is 111 cm³/mol. The number of ether oxygens (including phenoxy) is 1. The Kier molecular flexibility index (Phi) is 9.34. The Hall–Kier alpha value is -2.87. The normalized spacial score (nSPS) is 10.7. The molecule has 0 unspecified atom stereocenters. The highest BCUT2D eigenvalue weighted by Crippen LogP contribution is 2.13. The molecule has 0 saturated heterocycles. The molecule has 0 spiro atoms. The van der Waals surface area contributed by atoms with Crippen LogP contribution in [0.25, 0.3) is 0 Å². The lowest BCUT2D eigenvalue weighted by Crippen LogP contribution is -2.46. The summed E-state index contributed by atoms with van der Waals surface area (Å²) in [4.78, 5) is 30.3. The van der Waals surface area contributed by atoms with Gasteiger partial charge in [0.1, 0.15) is 18.1 Å². The fourth-order valence-electron chi connectivity index (χ4n) is 2.92. The number of amides is 3. The molecule has 1 aromatic heterocycles. The molecule has 0 atom stereocenters. The molecule has 0 bridgehead atoms. The molecular weight excluding hydrogens is 389 g/mol. The second-order valence-corrected chi connectivity index (χ2v) is 7.10. The zero-order valence-corrected chi connectivity index (χ0v) is 17.8. The molecule has 0 N–H and O–H groups in total. The van der Waals surface area contributed by atoms with E-state index in [1.807, 2.05) is 6.92 Å². The number of nitrogens with zero attached hydrogens (tertiary/aromatic N) is 3. The lowest BCUT2D eigenvalue weighted by atomic mass is 10.2. The number of furan rings is 1. The molecule has 1 heterocycles. The Bertz CT molecular complexity index is 778. The van der Waals surface area contributed by atoms with Crippen molar-refractivity contribution in [3.05, 3.63) is 59.8 Å². The first kappa shape index (κ1) is 23.4. The van der Waals surface area contributed by atoms with Gasteiger partial charge in [0.15, 0.2) is 0 Å². The van der Waals surface area contributed by atoms with Gasteiger partial charge in [0, 0.05) is 40.4 Å². The molecule has 0 saturated carbocycles. The average molecular weight is 419 g/mol. The molecule has 0 fully saturated rings. The van der Waals surface area contributed by atoms with Crippen molar-refractivity contribution in [3.8, 4) is 0 Å². The first-order valence-corrected chi connectivity index (χ1v) is 9.99. The van der Waals surface area contributed by atoms with E-state index in [2.05, 4.69) is 0 Å². The highest BCUT2D eigenvalue weighted by Gasteiger charge is 2.23. The number of urea groups is 1. The number of benzene rings is 1. The summed E-state index contributed by atoms with van der Waals surface area (Å²) in [6.07, 6.45) is 2.18. The van der Waals surface area contributed by atoms with Crippen LogP contribution >= 0.6 is 0 Å². The van der Waals surface area contributed by atoms with Crippen LogP contribution in [0.2, 0.25) is 0 Å². The van der Waals surface area contributed by atoms with Crippen molar-refractivity contribution in [2.75, 3.05) is 40.4 Å². The topological polar surface area (TPSA) is 66.2 Å². The summed E-state index contributed by atoms with van der Waals surface area (Å²) in [6, 6.07) is 9.31. The van der Waals surface area contributed by atoms with Crippen molar-refractivity contribution in [2.45, 2.75) is 26.4 Å². The van der Waals surface area contributed by atoms with E-state index in [9.17, 15) is 14.0 Å². The molecule has 30 heavy (non-hydrogen) atoms. The van der Waals surface area contributed by atoms with Gasteiger partial charge in [-0.1, -0.05) is 12.1 Å². The van der Waals surface area contributed by atoms with Crippen molar-refractivity contribution in [2.24, 2.45) is 0 Å². The zero-order chi connectivity index (χ0) is 21.9. The predicted octanol–water partition coefficient (Wildman–Crippen LogP) is 3.36. The Labute approximate surface area is 177 Å². The molecule has 0 aliphatic carbocycles. The minimum absolute atomic E-state index is 0.0644. The van der Waals surface area contributed by atoms with Gasteiger partial charge in [-0.15, -0.1) is 0 Å². The number of hydrogen-bond donors (Lipinski definition) is 0. The van der Waals surface area contributed by atoms with Gasteiger partial charge in [0.25, 0.3) is 0 Å². The average Bonchev–Trinajstić information content (AvgIpc) is 3.23. The molecule has 8 heteroatoms. The fourth-order valence-corrected chi connectivity index (χ4v) is 2.92. The largest absolute Gasteiger partial charge is 0.467 e. The van der Waals surface area contributed by atoms with Crippen molar-refractivity contribution < 1.29 is 23.1 Å². The van der Waals surface area contributed by atoms with E-state index in [4.69, 9.17) is 9.15 Å². The minimum Gasteiger partial charge on any atom is -0.467 e. The summed E-state index contributed by atoms with van der Waals surface area (Å²) in [7, 11) is 3.31. The van der Waals surface area contributed by atoms with Gasteiger partial charge in [-0.05, 0) is 43.2 Å². The lowest BCUT2D eigenvalue weighted by molar-refractivity contribution is -0.133. The number of carbonyl (C=O) groups excluding carboxylic acids is 2. The van der Waals surface area contributed by atoms with Crippen LogP contribution in [0.4, 0.5) is 9.18 Å². The van der Waals surface area contributed by atoms with E-state index in [1.54, 1.807) is 49.5 Å². The summed E-state index contributed by atoms with van der Waals surface area (Å²) in [5.74, 6) is 0.0781. The van der Waals surface area contributed by atoms with E-state index in [0.717, 1.165) is 5.56 Å². The SMILES string of the molecule is CCOCCCN(CC(=O)N(Cc1ccc(F)cc1)Cc1ccco1)C(=O)N(C)C. The number of carbonyl (C=O) groups is 2. The van der Waals surface area contributed by atoms with Gasteiger partial charge in [0.05, 0.1) is 12.8 Å². The third-order valence-corrected chi connectivity index (χ3v) is 4.47. The zero-order valence-electron chi connectivity index (χ0n) is 17.8. The van der Waals surface area contributed by atoms with Crippen LogP contribution in [0.5, 0.6) is 0 Å². The van der Waals surface area contributed by atoms with Crippen molar-refractivity contribution in [1.29, 1.82) is 0 Å². The Balaban J connectivity index is 2.11. The molecule has 1 aromatic carbocycles. The maximum absolute atomic E-state index is 13.2. The number of halogens is 1. The van der Waals surface area contributed by atoms with Gasteiger partial charge < -0.3 is 23.9 Å². The molecular formula is C22H30FN3O4. The molecule has 0 radical (unpaired) electrons. The molecule has 7 nitrogen and oxygen atoms in total. The van der Waals surface area contributed by atoms with E-state index in [-0.39, 0.29) is 37.4 Å². The monoisotopic (exact) mass is 419 g/mol. The van der Waals surface area contributed by atoms with E-state index in [1.165, 1.54) is 21.9 Å². The minimum atomic E-state index is -0.334. The van der Waals surface area contributed by atoms with Gasteiger partial charge in [-0.3, -0.25) is 4.79 Å². The van der Waals surface area contributed by atoms with Crippen LogP contribution in [-0.4, -0.2) is 67.0 Å². The molecule has 164 valence electrons. The standard InChI is InChI=1S/C22H30FN3O4/c1-4-29-13-6-12-25(22(28)24(2)3)17-21(27)26(16-20-7-5-14-30-20)15-18-8-10-19(23)11-9-18/h5,7-11,14H,4,6,12-13,15-17H2,1-3H3. The third-order valence-electron chi connectivity index (χ3n) is 4.47. The van der Waals surface area contributed by atoms with Gasteiger partial charge in [0.2, 0.25) is 5.91 Å². The molecule has 2 aromatic rings. The van der Waals surface area contributed by atoms with Gasteiger partial charge >= 0.3 is 6.03 Å². The van der Waals surface area contributed by atoms with E-state index in [0.29, 0.717) is 31.9 Å². The highest BCUT2D eigenvalue weighted by atomic mass is 19.1. The second kappa shape index (κ2) is 12.0. The van der Waals surface area contributed by atoms with Crippen molar-refractivity contribution in [3.63, 3.8) is 0 Å². The summed E-state index contributed by atoms with van der Waals surface area (Å²) < 4.78 is 24.0. The highest BCUT2D eigenvalue weighted by molar-refractivity contribution is 5.84. The Morgan fingerprint density at radius 1 is 1.07 bits per heavy atom. The van der Waals surface area contributed by atoms with Crippen molar-refractivity contribution in [1.82, 2.24) is 14.7 Å². The van der Waals surface area contributed by atoms with Crippen LogP contribution in [0.15, 0.2) is 47.1 Å². The van der Waals surface area contributed by atoms with Crippen LogP contribution in [0.1, 0.15) is 24.7 Å². The first-order chi connectivity index (χ1) is 14.4. The Morgan fingerprint density at radius 3 is 2.40 bits per heavy atom.